The van der Waals surface area contributed by atoms with Crippen LogP contribution in [0.25, 0.3) is 0 Å². The third-order valence-corrected chi connectivity index (χ3v) is 3.51. The fourth-order valence-corrected chi connectivity index (χ4v) is 2.44. The van der Waals surface area contributed by atoms with Crippen molar-refractivity contribution in [1.82, 2.24) is 15.0 Å². The average Bonchev–Trinajstić information content (AvgIpc) is 2.93. The van der Waals surface area contributed by atoms with Gasteiger partial charge in [0.2, 0.25) is 5.91 Å². The first kappa shape index (κ1) is 15.0. The van der Waals surface area contributed by atoms with Gasteiger partial charge in [-0.1, -0.05) is 19.0 Å². The average molecular weight is 281 g/mol. The fraction of sp³-hybridized carbons (Fsp3) is 0.786. The highest BCUT2D eigenvalue weighted by Crippen LogP contribution is 2.25. The summed E-state index contributed by atoms with van der Waals surface area (Å²) in [6.45, 7) is 8.28. The molecule has 20 heavy (non-hydrogen) atoms. The van der Waals surface area contributed by atoms with E-state index in [4.69, 9.17) is 9.26 Å². The third-order valence-electron chi connectivity index (χ3n) is 3.51. The van der Waals surface area contributed by atoms with E-state index in [0.29, 0.717) is 31.5 Å². The predicted molar refractivity (Wildman–Crippen MR) is 73.0 cm³/mol. The lowest BCUT2D eigenvalue weighted by Gasteiger charge is -2.32. The molecule has 2 rings (SSSR count). The topological polar surface area (TPSA) is 68.5 Å². The number of carbonyl (C=O) groups is 1. The Balaban J connectivity index is 1.98. The van der Waals surface area contributed by atoms with Crippen LogP contribution in [0.5, 0.6) is 0 Å². The number of aromatic nitrogens is 2. The molecule has 1 aliphatic heterocycles. The first-order chi connectivity index (χ1) is 9.61. The van der Waals surface area contributed by atoms with E-state index in [1.54, 1.807) is 0 Å². The van der Waals surface area contributed by atoms with Gasteiger partial charge in [0.25, 0.3) is 5.89 Å². The first-order valence-corrected chi connectivity index (χ1v) is 7.30. The van der Waals surface area contributed by atoms with E-state index in [0.717, 1.165) is 19.4 Å². The van der Waals surface area contributed by atoms with E-state index < -0.39 is 0 Å². The highest BCUT2D eigenvalue weighted by Gasteiger charge is 2.28. The summed E-state index contributed by atoms with van der Waals surface area (Å²) in [5.74, 6) is 1.61. The summed E-state index contributed by atoms with van der Waals surface area (Å²) >= 11 is 0. The summed E-state index contributed by atoms with van der Waals surface area (Å²) < 4.78 is 10.4. The summed E-state index contributed by atoms with van der Waals surface area (Å²) in [6.07, 6.45) is 1.98. The monoisotopic (exact) mass is 281 g/mol. The predicted octanol–water partition coefficient (Wildman–Crippen LogP) is 1.97. The zero-order chi connectivity index (χ0) is 14.5. The lowest BCUT2D eigenvalue weighted by Crippen LogP contribution is -2.41. The van der Waals surface area contributed by atoms with Gasteiger partial charge in [0.05, 0.1) is 0 Å². The van der Waals surface area contributed by atoms with E-state index in [9.17, 15) is 4.79 Å². The van der Waals surface area contributed by atoms with E-state index in [1.807, 2.05) is 25.7 Å². The zero-order valence-electron chi connectivity index (χ0n) is 12.5. The molecule has 1 aliphatic rings. The highest BCUT2D eigenvalue weighted by atomic mass is 16.5. The van der Waals surface area contributed by atoms with Crippen LogP contribution in [0, 0.1) is 5.92 Å². The van der Waals surface area contributed by atoms with E-state index in [-0.39, 0.29) is 17.7 Å². The number of rotatable bonds is 5. The zero-order valence-corrected chi connectivity index (χ0v) is 12.5. The normalized spacial score (nSPS) is 19.6. The molecule has 0 radical (unpaired) electrons. The van der Waals surface area contributed by atoms with Gasteiger partial charge in [-0.25, -0.2) is 0 Å². The molecular weight excluding hydrogens is 258 g/mol. The lowest BCUT2D eigenvalue weighted by molar-refractivity contribution is -0.135. The lowest BCUT2D eigenvalue weighted by atomic mass is 9.96. The number of carbonyl (C=O) groups excluding carboxylic acids is 1. The minimum Gasteiger partial charge on any atom is -0.372 e. The van der Waals surface area contributed by atoms with Crippen molar-refractivity contribution in [1.29, 1.82) is 0 Å². The van der Waals surface area contributed by atoms with Crippen LogP contribution in [-0.2, 0) is 16.1 Å². The molecule has 1 aromatic heterocycles. The van der Waals surface area contributed by atoms with Crippen molar-refractivity contribution in [3.63, 3.8) is 0 Å². The SMILES string of the molecule is CCOCc1nc(C2CCCN(C(=O)C(C)C)C2)no1. The molecule has 0 aromatic carbocycles. The van der Waals surface area contributed by atoms with E-state index in [2.05, 4.69) is 10.1 Å². The smallest absolute Gasteiger partial charge is 0.252 e. The number of amides is 1. The van der Waals surface area contributed by atoms with Crippen molar-refractivity contribution < 1.29 is 14.1 Å². The maximum Gasteiger partial charge on any atom is 0.252 e. The number of ether oxygens (including phenoxy) is 1. The van der Waals surface area contributed by atoms with Gasteiger partial charge in [-0.3, -0.25) is 4.79 Å². The van der Waals surface area contributed by atoms with Crippen LogP contribution in [0.1, 0.15) is 51.2 Å². The molecule has 1 atom stereocenters. The van der Waals surface area contributed by atoms with E-state index >= 15 is 0 Å². The Labute approximate surface area is 119 Å². The number of likely N-dealkylation sites (tertiary alicyclic amines) is 1. The van der Waals surface area contributed by atoms with Crippen LogP contribution in [-0.4, -0.2) is 40.6 Å². The molecule has 1 aromatic rings. The second kappa shape index (κ2) is 6.83. The van der Waals surface area contributed by atoms with Gasteiger partial charge in [-0.2, -0.15) is 4.98 Å². The first-order valence-electron chi connectivity index (χ1n) is 7.30. The van der Waals surface area contributed by atoms with Gasteiger partial charge >= 0.3 is 0 Å². The molecule has 0 N–H and O–H groups in total. The number of piperidine rings is 1. The molecule has 1 fully saturated rings. The van der Waals surface area contributed by atoms with Crippen molar-refractivity contribution in [3.8, 4) is 0 Å². The molecule has 2 heterocycles. The van der Waals surface area contributed by atoms with Gasteiger partial charge in [0, 0.05) is 31.5 Å². The van der Waals surface area contributed by atoms with Crippen molar-refractivity contribution in [2.24, 2.45) is 5.92 Å². The Morgan fingerprint density at radius 3 is 3.05 bits per heavy atom. The number of hydrogen-bond donors (Lipinski definition) is 0. The van der Waals surface area contributed by atoms with Gasteiger partial charge in [0.1, 0.15) is 6.61 Å². The van der Waals surface area contributed by atoms with Crippen LogP contribution in [0.4, 0.5) is 0 Å². The molecule has 6 nitrogen and oxygen atoms in total. The molecule has 6 heteroatoms. The Kier molecular flexibility index (Phi) is 5.11. The van der Waals surface area contributed by atoms with Crippen molar-refractivity contribution in [2.45, 2.75) is 46.1 Å². The molecule has 0 aliphatic carbocycles. The summed E-state index contributed by atoms with van der Waals surface area (Å²) in [5, 5.41) is 4.03. The molecule has 1 amide bonds. The molecular formula is C14H23N3O3. The van der Waals surface area contributed by atoms with Crippen molar-refractivity contribution >= 4 is 5.91 Å². The second-order valence-corrected chi connectivity index (χ2v) is 5.46. The maximum absolute atomic E-state index is 12.1. The molecule has 0 saturated carbocycles. The van der Waals surface area contributed by atoms with Gasteiger partial charge in [-0.15, -0.1) is 0 Å². The highest BCUT2D eigenvalue weighted by molar-refractivity contribution is 5.78. The third kappa shape index (κ3) is 3.56. The Bertz CT molecular complexity index is 445. The standard InChI is InChI=1S/C14H23N3O3/c1-4-19-9-12-15-13(16-20-12)11-6-5-7-17(8-11)14(18)10(2)3/h10-11H,4-9H2,1-3H3. The van der Waals surface area contributed by atoms with Crippen LogP contribution < -0.4 is 0 Å². The summed E-state index contributed by atoms with van der Waals surface area (Å²) in [6, 6.07) is 0. The molecule has 112 valence electrons. The Morgan fingerprint density at radius 2 is 2.35 bits per heavy atom. The van der Waals surface area contributed by atoms with Crippen molar-refractivity contribution in [2.75, 3.05) is 19.7 Å². The quantitative estimate of drug-likeness (QED) is 0.825. The largest absolute Gasteiger partial charge is 0.372 e. The number of hydrogen-bond acceptors (Lipinski definition) is 5. The van der Waals surface area contributed by atoms with Crippen LogP contribution in [0.2, 0.25) is 0 Å². The molecule has 0 spiro atoms. The summed E-state index contributed by atoms with van der Waals surface area (Å²) in [5.41, 5.74) is 0. The van der Waals surface area contributed by atoms with Gasteiger partial charge in [-0.05, 0) is 19.8 Å². The molecule has 1 unspecified atom stereocenters. The van der Waals surface area contributed by atoms with Gasteiger partial charge < -0.3 is 14.2 Å². The van der Waals surface area contributed by atoms with Gasteiger partial charge in [0.15, 0.2) is 5.82 Å². The minimum atomic E-state index is 0.0348. The summed E-state index contributed by atoms with van der Waals surface area (Å²) in [4.78, 5) is 18.3. The van der Waals surface area contributed by atoms with E-state index in [1.165, 1.54) is 0 Å². The second-order valence-electron chi connectivity index (χ2n) is 5.46. The minimum absolute atomic E-state index is 0.0348. The number of nitrogens with zero attached hydrogens (tertiary/aromatic N) is 3. The molecule has 1 saturated heterocycles. The molecule has 0 bridgehead atoms. The fourth-order valence-electron chi connectivity index (χ4n) is 2.44. The van der Waals surface area contributed by atoms with Crippen molar-refractivity contribution in [3.05, 3.63) is 11.7 Å². The Morgan fingerprint density at radius 1 is 1.55 bits per heavy atom. The van der Waals surface area contributed by atoms with Crippen LogP contribution >= 0.6 is 0 Å². The Hall–Kier alpha value is -1.43. The maximum atomic E-state index is 12.1. The van der Waals surface area contributed by atoms with Crippen LogP contribution in [0.15, 0.2) is 4.52 Å². The summed E-state index contributed by atoms with van der Waals surface area (Å²) in [7, 11) is 0. The van der Waals surface area contributed by atoms with Crippen LogP contribution in [0.3, 0.4) is 0 Å².